The number of hydrogen-bond donors (Lipinski definition) is 1. The van der Waals surface area contributed by atoms with Crippen LogP contribution in [0.2, 0.25) is 0 Å². The Kier molecular flexibility index (Phi) is 6.82. The molecule has 0 aliphatic carbocycles. The molecule has 0 aliphatic rings. The van der Waals surface area contributed by atoms with Gasteiger partial charge in [0.25, 0.3) is 0 Å². The number of aromatic nitrogens is 1. The Labute approximate surface area is 105 Å². The van der Waals surface area contributed by atoms with Gasteiger partial charge in [0.15, 0.2) is 0 Å². The predicted molar refractivity (Wildman–Crippen MR) is 72.9 cm³/mol. The van der Waals surface area contributed by atoms with Crippen molar-refractivity contribution in [2.75, 3.05) is 26.7 Å². The Morgan fingerprint density at radius 1 is 1.35 bits per heavy atom. The summed E-state index contributed by atoms with van der Waals surface area (Å²) in [4.78, 5) is 6.40. The molecule has 96 valence electrons. The second-order valence-electron chi connectivity index (χ2n) is 4.86. The van der Waals surface area contributed by atoms with Crippen molar-refractivity contribution in [2.45, 2.75) is 26.8 Å². The van der Waals surface area contributed by atoms with Gasteiger partial charge in [-0.05, 0) is 50.2 Å². The van der Waals surface area contributed by atoms with E-state index in [1.54, 1.807) is 0 Å². The molecule has 1 aromatic rings. The summed E-state index contributed by atoms with van der Waals surface area (Å²) in [6, 6.07) is 4.16. The molecule has 0 amide bonds. The first kappa shape index (κ1) is 14.1. The molecule has 0 bridgehead atoms. The fourth-order valence-corrected chi connectivity index (χ4v) is 1.99. The lowest BCUT2D eigenvalue weighted by molar-refractivity contribution is 0.274. The topological polar surface area (TPSA) is 28.2 Å². The van der Waals surface area contributed by atoms with E-state index >= 15 is 0 Å². The molecule has 0 radical (unpaired) electrons. The maximum atomic E-state index is 4.03. The van der Waals surface area contributed by atoms with E-state index in [1.165, 1.54) is 12.0 Å². The smallest absolute Gasteiger partial charge is 0.0271 e. The highest BCUT2D eigenvalue weighted by atomic mass is 15.1. The van der Waals surface area contributed by atoms with Gasteiger partial charge in [0, 0.05) is 25.5 Å². The third-order valence-electron chi connectivity index (χ3n) is 2.74. The second kappa shape index (κ2) is 8.20. The van der Waals surface area contributed by atoms with Gasteiger partial charge in [-0.3, -0.25) is 4.98 Å². The van der Waals surface area contributed by atoms with Gasteiger partial charge in [0.05, 0.1) is 0 Å². The van der Waals surface area contributed by atoms with E-state index < -0.39 is 0 Å². The maximum absolute atomic E-state index is 4.03. The monoisotopic (exact) mass is 235 g/mol. The van der Waals surface area contributed by atoms with E-state index in [9.17, 15) is 0 Å². The van der Waals surface area contributed by atoms with Crippen LogP contribution in [0.25, 0.3) is 0 Å². The van der Waals surface area contributed by atoms with Crippen LogP contribution in [0.3, 0.4) is 0 Å². The minimum Gasteiger partial charge on any atom is -0.316 e. The Morgan fingerprint density at radius 3 is 2.71 bits per heavy atom. The molecule has 1 heterocycles. The van der Waals surface area contributed by atoms with Crippen molar-refractivity contribution in [3.8, 4) is 0 Å². The quantitative estimate of drug-likeness (QED) is 0.700. The highest BCUT2D eigenvalue weighted by Crippen LogP contribution is 2.04. The highest BCUT2D eigenvalue weighted by Gasteiger charge is 2.06. The molecule has 0 fully saturated rings. The Morgan fingerprint density at radius 2 is 2.06 bits per heavy atom. The summed E-state index contributed by atoms with van der Waals surface area (Å²) in [6.07, 6.45) is 4.92. The lowest BCUT2D eigenvalue weighted by Gasteiger charge is -2.21. The van der Waals surface area contributed by atoms with Gasteiger partial charge in [-0.15, -0.1) is 0 Å². The average molecular weight is 235 g/mol. The number of nitrogens with zero attached hydrogens (tertiary/aromatic N) is 2. The van der Waals surface area contributed by atoms with E-state index in [1.807, 2.05) is 12.4 Å². The van der Waals surface area contributed by atoms with Gasteiger partial charge in [0.1, 0.15) is 0 Å². The molecule has 0 saturated carbocycles. The fraction of sp³-hybridized carbons (Fsp3) is 0.643. The summed E-state index contributed by atoms with van der Waals surface area (Å²) in [6.45, 7) is 8.85. The summed E-state index contributed by atoms with van der Waals surface area (Å²) in [5.41, 5.74) is 1.33. The van der Waals surface area contributed by atoms with Crippen LogP contribution in [0.15, 0.2) is 24.5 Å². The molecule has 0 saturated heterocycles. The summed E-state index contributed by atoms with van der Waals surface area (Å²) in [7, 11) is 2.18. The molecule has 1 unspecified atom stereocenters. The first-order valence-corrected chi connectivity index (χ1v) is 6.50. The highest BCUT2D eigenvalue weighted by molar-refractivity contribution is 5.09. The first-order chi connectivity index (χ1) is 8.22. The molecule has 3 nitrogen and oxygen atoms in total. The van der Waals surface area contributed by atoms with Gasteiger partial charge >= 0.3 is 0 Å². The molecule has 0 aromatic carbocycles. The van der Waals surface area contributed by atoms with Crippen LogP contribution < -0.4 is 5.32 Å². The van der Waals surface area contributed by atoms with Gasteiger partial charge in [-0.1, -0.05) is 13.8 Å². The average Bonchev–Trinajstić information content (AvgIpc) is 2.30. The number of rotatable bonds is 8. The summed E-state index contributed by atoms with van der Waals surface area (Å²) < 4.78 is 0. The SMILES string of the molecule is CCCNCC(C)CN(C)Cc1ccncc1. The minimum atomic E-state index is 0.688. The normalized spacial score (nSPS) is 12.9. The molecule has 1 rings (SSSR count). The Bertz CT molecular complexity index is 287. The van der Waals surface area contributed by atoms with Crippen LogP contribution in [0.5, 0.6) is 0 Å². The van der Waals surface area contributed by atoms with E-state index in [0.717, 1.165) is 26.2 Å². The van der Waals surface area contributed by atoms with Crippen LogP contribution in [0.1, 0.15) is 25.8 Å². The molecular formula is C14H25N3. The first-order valence-electron chi connectivity index (χ1n) is 6.50. The lowest BCUT2D eigenvalue weighted by atomic mass is 10.1. The van der Waals surface area contributed by atoms with Crippen molar-refractivity contribution in [3.63, 3.8) is 0 Å². The van der Waals surface area contributed by atoms with Crippen molar-refractivity contribution in [1.29, 1.82) is 0 Å². The van der Waals surface area contributed by atoms with Crippen LogP contribution in [0, 0.1) is 5.92 Å². The van der Waals surface area contributed by atoms with Gasteiger partial charge in [-0.2, -0.15) is 0 Å². The van der Waals surface area contributed by atoms with E-state index in [-0.39, 0.29) is 0 Å². The van der Waals surface area contributed by atoms with Crippen LogP contribution in [0.4, 0.5) is 0 Å². The molecule has 1 atom stereocenters. The fourth-order valence-electron chi connectivity index (χ4n) is 1.99. The van der Waals surface area contributed by atoms with Crippen LogP contribution in [-0.4, -0.2) is 36.6 Å². The van der Waals surface area contributed by atoms with E-state index in [2.05, 4.69) is 48.2 Å². The Hall–Kier alpha value is -0.930. The van der Waals surface area contributed by atoms with Gasteiger partial charge < -0.3 is 10.2 Å². The molecule has 0 aliphatic heterocycles. The van der Waals surface area contributed by atoms with Crippen molar-refractivity contribution in [1.82, 2.24) is 15.2 Å². The lowest BCUT2D eigenvalue weighted by Crippen LogP contribution is -2.31. The summed E-state index contributed by atoms with van der Waals surface area (Å²) in [5, 5.41) is 3.47. The maximum Gasteiger partial charge on any atom is 0.0271 e. The largest absolute Gasteiger partial charge is 0.316 e. The predicted octanol–water partition coefficient (Wildman–Crippen LogP) is 2.15. The standard InChI is InChI=1S/C14H25N3/c1-4-7-16-10-13(2)11-17(3)12-14-5-8-15-9-6-14/h5-6,8-9,13,16H,4,7,10-12H2,1-3H3. The van der Waals surface area contributed by atoms with E-state index in [4.69, 9.17) is 0 Å². The molecule has 17 heavy (non-hydrogen) atoms. The van der Waals surface area contributed by atoms with Crippen molar-refractivity contribution < 1.29 is 0 Å². The molecule has 0 spiro atoms. The molecular weight excluding hydrogens is 210 g/mol. The third kappa shape index (κ3) is 6.39. The molecule has 1 aromatic heterocycles. The zero-order valence-corrected chi connectivity index (χ0v) is 11.3. The second-order valence-corrected chi connectivity index (χ2v) is 4.86. The summed E-state index contributed by atoms with van der Waals surface area (Å²) >= 11 is 0. The van der Waals surface area contributed by atoms with Gasteiger partial charge in [0.2, 0.25) is 0 Å². The van der Waals surface area contributed by atoms with Gasteiger partial charge in [-0.25, -0.2) is 0 Å². The van der Waals surface area contributed by atoms with Crippen molar-refractivity contribution in [3.05, 3.63) is 30.1 Å². The number of pyridine rings is 1. The van der Waals surface area contributed by atoms with Crippen LogP contribution in [-0.2, 0) is 6.54 Å². The molecule has 1 N–H and O–H groups in total. The minimum absolute atomic E-state index is 0.688. The third-order valence-corrected chi connectivity index (χ3v) is 2.74. The molecule has 3 heteroatoms. The zero-order valence-electron chi connectivity index (χ0n) is 11.3. The number of nitrogens with one attached hydrogen (secondary N) is 1. The van der Waals surface area contributed by atoms with Crippen LogP contribution >= 0.6 is 0 Å². The summed E-state index contributed by atoms with van der Waals surface area (Å²) in [5.74, 6) is 0.688. The van der Waals surface area contributed by atoms with Crippen molar-refractivity contribution >= 4 is 0 Å². The van der Waals surface area contributed by atoms with Crippen molar-refractivity contribution in [2.24, 2.45) is 5.92 Å². The zero-order chi connectivity index (χ0) is 12.5. The van der Waals surface area contributed by atoms with E-state index in [0.29, 0.717) is 5.92 Å². The Balaban J connectivity index is 2.22. The number of hydrogen-bond acceptors (Lipinski definition) is 3.